The molecule has 6 nitrogen and oxygen atoms in total. The molecule has 31 heavy (non-hydrogen) atoms. The van der Waals surface area contributed by atoms with Gasteiger partial charge in [-0.25, -0.2) is 0 Å². The van der Waals surface area contributed by atoms with Crippen molar-refractivity contribution in [2.24, 2.45) is 0 Å². The highest BCUT2D eigenvalue weighted by Gasteiger charge is 2.10. The molecule has 2 N–H and O–H groups in total. The Labute approximate surface area is 180 Å². The van der Waals surface area contributed by atoms with Gasteiger partial charge in [-0.2, -0.15) is 15.0 Å². The van der Waals surface area contributed by atoms with Crippen molar-refractivity contribution in [3.8, 4) is 36.4 Å². The van der Waals surface area contributed by atoms with Crippen molar-refractivity contribution in [1.29, 1.82) is 0 Å². The number of nitrogens with zero attached hydrogens (tertiary/aromatic N) is 3. The minimum absolute atomic E-state index is 0.145. The fourth-order valence-electron chi connectivity index (χ4n) is 2.67. The van der Waals surface area contributed by atoms with Gasteiger partial charge in [-0.1, -0.05) is 30.0 Å². The summed E-state index contributed by atoms with van der Waals surface area (Å²) in [5, 5.41) is 6.30. The summed E-state index contributed by atoms with van der Waals surface area (Å²) >= 11 is 0. The molecule has 0 aliphatic heterocycles. The summed E-state index contributed by atoms with van der Waals surface area (Å²) in [5.74, 6) is 6.42. The van der Waals surface area contributed by atoms with Gasteiger partial charge >= 0.3 is 6.01 Å². The van der Waals surface area contributed by atoms with E-state index in [1.54, 1.807) is 0 Å². The molecule has 0 saturated carbocycles. The molecule has 1 aromatic heterocycles. The summed E-state index contributed by atoms with van der Waals surface area (Å²) in [7, 11) is 0. The Hall–Kier alpha value is -4.81. The summed E-state index contributed by atoms with van der Waals surface area (Å²) in [6.45, 7) is 0. The van der Waals surface area contributed by atoms with Crippen molar-refractivity contribution in [2.45, 2.75) is 0 Å². The number of rotatable bonds is 6. The van der Waals surface area contributed by atoms with E-state index in [1.807, 2.05) is 78.9 Å². The first-order valence-electron chi connectivity index (χ1n) is 9.38. The number of benzene rings is 3. The molecule has 0 atom stereocenters. The van der Waals surface area contributed by atoms with E-state index in [1.165, 1.54) is 0 Å². The largest absolute Gasteiger partial charge is 0.424 e. The van der Waals surface area contributed by atoms with E-state index in [-0.39, 0.29) is 6.01 Å². The first kappa shape index (κ1) is 19.5. The highest BCUT2D eigenvalue weighted by Crippen LogP contribution is 2.23. The van der Waals surface area contributed by atoms with Crippen LogP contribution in [0.5, 0.6) is 11.8 Å². The van der Waals surface area contributed by atoms with Gasteiger partial charge in [-0.3, -0.25) is 0 Å². The van der Waals surface area contributed by atoms with Gasteiger partial charge < -0.3 is 15.4 Å². The summed E-state index contributed by atoms with van der Waals surface area (Å²) in [4.78, 5) is 13.2. The molecule has 3 aromatic carbocycles. The molecule has 0 radical (unpaired) electrons. The zero-order chi connectivity index (χ0) is 21.5. The van der Waals surface area contributed by atoms with Gasteiger partial charge in [0, 0.05) is 22.5 Å². The lowest BCUT2D eigenvalue weighted by Crippen LogP contribution is -2.05. The van der Waals surface area contributed by atoms with E-state index >= 15 is 0 Å². The molecule has 1 heterocycles. The normalized spacial score (nSPS) is 9.87. The monoisotopic (exact) mass is 403 g/mol. The Morgan fingerprint density at radius 1 is 0.613 bits per heavy atom. The Bertz CT molecular complexity index is 1180. The number of ether oxygens (including phenoxy) is 1. The van der Waals surface area contributed by atoms with E-state index in [4.69, 9.17) is 17.6 Å². The zero-order valence-corrected chi connectivity index (χ0v) is 16.4. The Balaban J connectivity index is 1.63. The standard InChI is InChI=1S/C25H17N5O/c1-3-18-10-14-20(15-11-18)26-23-28-24(27-21-16-12-19(4-2)13-17-21)30-25(29-23)31-22-8-6-5-7-9-22/h1-2,5-17H,(H2,26,27,28,29,30). The molecule has 6 heteroatoms. The second-order valence-electron chi connectivity index (χ2n) is 6.37. The lowest BCUT2D eigenvalue weighted by Gasteiger charge is -2.11. The molecule has 0 aliphatic rings. The molecule has 0 spiro atoms. The minimum atomic E-state index is 0.145. The molecule has 0 aliphatic carbocycles. The fraction of sp³-hybridized carbons (Fsp3) is 0. The van der Waals surface area contributed by atoms with Gasteiger partial charge in [-0.05, 0) is 60.7 Å². The van der Waals surface area contributed by atoms with Crippen LogP contribution in [0, 0.1) is 24.7 Å². The molecule has 0 amide bonds. The predicted molar refractivity (Wildman–Crippen MR) is 122 cm³/mol. The third-order valence-electron chi connectivity index (χ3n) is 4.18. The molecule has 0 fully saturated rings. The van der Waals surface area contributed by atoms with Crippen LogP contribution in [-0.2, 0) is 0 Å². The van der Waals surface area contributed by atoms with Gasteiger partial charge in [0.05, 0.1) is 0 Å². The first-order chi connectivity index (χ1) is 15.2. The summed E-state index contributed by atoms with van der Waals surface area (Å²) in [6.07, 6.45) is 10.8. The highest BCUT2D eigenvalue weighted by atomic mass is 16.5. The number of anilines is 4. The van der Waals surface area contributed by atoms with E-state index in [0.29, 0.717) is 17.6 Å². The van der Waals surface area contributed by atoms with Crippen LogP contribution < -0.4 is 15.4 Å². The summed E-state index contributed by atoms with van der Waals surface area (Å²) < 4.78 is 5.81. The van der Waals surface area contributed by atoms with Crippen molar-refractivity contribution in [3.05, 3.63) is 90.0 Å². The van der Waals surface area contributed by atoms with Crippen LogP contribution in [0.25, 0.3) is 0 Å². The molecule has 148 valence electrons. The second kappa shape index (κ2) is 9.13. The lowest BCUT2D eigenvalue weighted by molar-refractivity contribution is 0.441. The number of terminal acetylenes is 2. The Morgan fingerprint density at radius 3 is 1.55 bits per heavy atom. The molecule has 0 saturated heterocycles. The maximum Gasteiger partial charge on any atom is 0.328 e. The van der Waals surface area contributed by atoms with E-state index in [0.717, 1.165) is 22.5 Å². The van der Waals surface area contributed by atoms with Gasteiger partial charge in [0.2, 0.25) is 11.9 Å². The lowest BCUT2D eigenvalue weighted by atomic mass is 10.2. The quantitative estimate of drug-likeness (QED) is 0.436. The molecule has 0 bridgehead atoms. The van der Waals surface area contributed by atoms with Crippen molar-refractivity contribution in [2.75, 3.05) is 10.6 Å². The van der Waals surface area contributed by atoms with Gasteiger partial charge in [0.1, 0.15) is 5.75 Å². The molecule has 0 unspecified atom stereocenters. The van der Waals surface area contributed by atoms with Crippen LogP contribution in [0.3, 0.4) is 0 Å². The van der Waals surface area contributed by atoms with Gasteiger partial charge in [-0.15, -0.1) is 12.8 Å². The maximum absolute atomic E-state index is 5.81. The SMILES string of the molecule is C#Cc1ccc(Nc2nc(Nc3ccc(C#C)cc3)nc(Oc3ccccc3)n2)cc1. The van der Waals surface area contributed by atoms with Gasteiger partial charge in [0.25, 0.3) is 0 Å². The molecule has 4 rings (SSSR count). The number of hydrogen-bond acceptors (Lipinski definition) is 6. The van der Waals surface area contributed by atoms with E-state index < -0.39 is 0 Å². The molecular weight excluding hydrogens is 386 g/mol. The van der Waals surface area contributed by atoms with Crippen LogP contribution in [0.2, 0.25) is 0 Å². The van der Waals surface area contributed by atoms with E-state index in [9.17, 15) is 0 Å². The van der Waals surface area contributed by atoms with Crippen LogP contribution in [0.4, 0.5) is 23.3 Å². The average Bonchev–Trinajstić information content (AvgIpc) is 2.81. The number of nitrogens with one attached hydrogen (secondary N) is 2. The zero-order valence-electron chi connectivity index (χ0n) is 16.4. The van der Waals surface area contributed by atoms with Crippen molar-refractivity contribution in [1.82, 2.24) is 15.0 Å². The van der Waals surface area contributed by atoms with Crippen molar-refractivity contribution in [3.63, 3.8) is 0 Å². The topological polar surface area (TPSA) is 72.0 Å². The molecular formula is C25H17N5O. The molecule has 4 aromatic rings. The average molecular weight is 403 g/mol. The van der Waals surface area contributed by atoms with E-state index in [2.05, 4.69) is 37.4 Å². The van der Waals surface area contributed by atoms with Crippen LogP contribution >= 0.6 is 0 Å². The third kappa shape index (κ3) is 5.17. The number of aromatic nitrogens is 3. The van der Waals surface area contributed by atoms with Crippen molar-refractivity contribution >= 4 is 23.3 Å². The fourth-order valence-corrected chi connectivity index (χ4v) is 2.67. The van der Waals surface area contributed by atoms with Crippen LogP contribution in [0.1, 0.15) is 11.1 Å². The van der Waals surface area contributed by atoms with Crippen LogP contribution in [-0.4, -0.2) is 15.0 Å². The third-order valence-corrected chi connectivity index (χ3v) is 4.18. The predicted octanol–water partition coefficient (Wildman–Crippen LogP) is 5.11. The van der Waals surface area contributed by atoms with Crippen LogP contribution in [0.15, 0.2) is 78.9 Å². The maximum atomic E-state index is 5.81. The number of para-hydroxylation sites is 1. The number of hydrogen-bond donors (Lipinski definition) is 2. The van der Waals surface area contributed by atoms with Gasteiger partial charge in [0.15, 0.2) is 0 Å². The highest BCUT2D eigenvalue weighted by molar-refractivity contribution is 5.59. The van der Waals surface area contributed by atoms with Crippen molar-refractivity contribution < 1.29 is 4.74 Å². The Morgan fingerprint density at radius 2 is 1.10 bits per heavy atom. The second-order valence-corrected chi connectivity index (χ2v) is 6.37. The smallest absolute Gasteiger partial charge is 0.328 e. The summed E-state index contributed by atoms with van der Waals surface area (Å²) in [6, 6.07) is 24.1. The first-order valence-corrected chi connectivity index (χ1v) is 9.38. The minimum Gasteiger partial charge on any atom is -0.424 e. The summed E-state index contributed by atoms with van der Waals surface area (Å²) in [5.41, 5.74) is 3.12. The Kier molecular flexibility index (Phi) is 5.74.